The molecule has 3 nitrogen and oxygen atoms in total. The van der Waals surface area contributed by atoms with Gasteiger partial charge in [0.1, 0.15) is 5.75 Å². The molecule has 0 radical (unpaired) electrons. The molecule has 4 heteroatoms. The van der Waals surface area contributed by atoms with Crippen LogP contribution in [0.2, 0.25) is 0 Å². The second-order valence-corrected chi connectivity index (χ2v) is 6.88. The fourth-order valence-corrected chi connectivity index (χ4v) is 4.07. The zero-order valence-electron chi connectivity index (χ0n) is 13.0. The first kappa shape index (κ1) is 14.5. The Morgan fingerprint density at radius 1 is 1.17 bits per heavy atom. The van der Waals surface area contributed by atoms with Crippen molar-refractivity contribution in [3.8, 4) is 17.0 Å². The van der Waals surface area contributed by atoms with E-state index in [2.05, 4.69) is 32.6 Å². The molecular formula is C19H16BrNO2. The van der Waals surface area contributed by atoms with E-state index in [-0.39, 0.29) is 11.2 Å². The molecule has 4 rings (SSSR count). The minimum atomic E-state index is -0.135. The Hall–Kier alpha value is -2.07. The Kier molecular flexibility index (Phi) is 3.13. The predicted molar refractivity (Wildman–Crippen MR) is 96.2 cm³/mol. The summed E-state index contributed by atoms with van der Waals surface area (Å²) >= 11 is 3.41. The fraction of sp³-hybridized carbons (Fsp3) is 0.211. The topological polar surface area (TPSA) is 42.2 Å². The van der Waals surface area contributed by atoms with Gasteiger partial charge in [-0.25, -0.2) is 0 Å². The third kappa shape index (κ3) is 1.91. The lowest BCUT2D eigenvalue weighted by atomic mass is 9.94. The normalized spacial score (nSPS) is 13.0. The van der Waals surface area contributed by atoms with Crippen molar-refractivity contribution in [2.75, 3.05) is 0 Å². The first-order chi connectivity index (χ1) is 11.0. The number of hydrogen-bond acceptors (Lipinski definition) is 2. The van der Waals surface area contributed by atoms with Crippen LogP contribution in [0.4, 0.5) is 0 Å². The van der Waals surface area contributed by atoms with Gasteiger partial charge in [0.15, 0.2) is 5.43 Å². The highest BCUT2D eigenvalue weighted by atomic mass is 79.9. The quantitative estimate of drug-likeness (QED) is 0.641. The largest absolute Gasteiger partial charge is 0.506 e. The van der Waals surface area contributed by atoms with Gasteiger partial charge in [0.25, 0.3) is 0 Å². The molecular weight excluding hydrogens is 354 g/mol. The maximum atomic E-state index is 12.7. The molecule has 1 aliphatic rings. The molecule has 0 saturated carbocycles. The average molecular weight is 370 g/mol. The number of nitrogens with zero attached hydrogens (tertiary/aromatic N) is 1. The van der Waals surface area contributed by atoms with E-state index < -0.39 is 0 Å². The van der Waals surface area contributed by atoms with Gasteiger partial charge in [0.2, 0.25) is 0 Å². The molecule has 0 saturated heterocycles. The van der Waals surface area contributed by atoms with Crippen LogP contribution in [0.3, 0.4) is 0 Å². The van der Waals surface area contributed by atoms with Crippen LogP contribution in [0.5, 0.6) is 5.75 Å². The molecule has 0 fully saturated rings. The van der Waals surface area contributed by atoms with E-state index in [0.717, 1.165) is 40.9 Å². The number of aromatic nitrogens is 1. The number of aryl methyl sites for hydroxylation is 3. The van der Waals surface area contributed by atoms with Crippen LogP contribution in [0.25, 0.3) is 22.2 Å². The molecule has 1 N–H and O–H groups in total. The minimum Gasteiger partial charge on any atom is -0.506 e. The lowest BCUT2D eigenvalue weighted by molar-refractivity contribution is 0.477. The van der Waals surface area contributed by atoms with Gasteiger partial charge in [-0.2, -0.15) is 0 Å². The number of pyridine rings is 1. The third-order valence-electron chi connectivity index (χ3n) is 4.90. The summed E-state index contributed by atoms with van der Waals surface area (Å²) in [4.78, 5) is 12.7. The molecule has 1 aromatic heterocycles. The summed E-state index contributed by atoms with van der Waals surface area (Å²) in [6.07, 6.45) is 0.927. The molecule has 2 aromatic carbocycles. The van der Waals surface area contributed by atoms with Gasteiger partial charge < -0.3 is 9.67 Å². The van der Waals surface area contributed by atoms with E-state index in [0.29, 0.717) is 9.86 Å². The first-order valence-electron chi connectivity index (χ1n) is 7.64. The van der Waals surface area contributed by atoms with E-state index in [1.54, 1.807) is 6.07 Å². The van der Waals surface area contributed by atoms with Crippen LogP contribution in [-0.2, 0) is 13.0 Å². The second-order valence-electron chi connectivity index (χ2n) is 6.09. The van der Waals surface area contributed by atoms with Crippen LogP contribution in [0.15, 0.2) is 39.6 Å². The Labute approximate surface area is 142 Å². The Balaban J connectivity index is 2.23. The molecule has 0 unspecified atom stereocenters. The minimum absolute atomic E-state index is 0.0438. The van der Waals surface area contributed by atoms with Crippen molar-refractivity contribution in [3.05, 3.63) is 61.7 Å². The van der Waals surface area contributed by atoms with E-state index >= 15 is 0 Å². The molecule has 0 amide bonds. The highest BCUT2D eigenvalue weighted by molar-refractivity contribution is 9.10. The zero-order chi connectivity index (χ0) is 16.3. The number of phenolic OH excluding ortho intramolecular Hbond substituents is 1. The van der Waals surface area contributed by atoms with Crippen molar-refractivity contribution in [1.82, 2.24) is 4.57 Å². The summed E-state index contributed by atoms with van der Waals surface area (Å²) in [6.45, 7) is 4.78. The number of rotatable bonds is 0. The van der Waals surface area contributed by atoms with Gasteiger partial charge in [-0.1, -0.05) is 24.3 Å². The first-order valence-corrected chi connectivity index (χ1v) is 8.43. The van der Waals surface area contributed by atoms with Crippen molar-refractivity contribution in [2.24, 2.45) is 0 Å². The molecule has 1 aliphatic heterocycles. The van der Waals surface area contributed by atoms with Crippen LogP contribution < -0.4 is 5.43 Å². The highest BCUT2D eigenvalue weighted by Crippen LogP contribution is 2.39. The van der Waals surface area contributed by atoms with Gasteiger partial charge in [0, 0.05) is 18.2 Å². The number of aromatic hydroxyl groups is 1. The summed E-state index contributed by atoms with van der Waals surface area (Å²) < 4.78 is 2.78. The van der Waals surface area contributed by atoms with Crippen LogP contribution in [0.1, 0.15) is 16.7 Å². The Morgan fingerprint density at radius 3 is 2.70 bits per heavy atom. The van der Waals surface area contributed by atoms with Gasteiger partial charge in [0.05, 0.1) is 21.1 Å². The molecule has 3 aromatic rings. The summed E-state index contributed by atoms with van der Waals surface area (Å²) in [6, 6.07) is 9.87. The van der Waals surface area contributed by atoms with Crippen molar-refractivity contribution in [2.45, 2.75) is 26.8 Å². The van der Waals surface area contributed by atoms with Crippen LogP contribution >= 0.6 is 15.9 Å². The summed E-state index contributed by atoms with van der Waals surface area (Å²) in [5.41, 5.74) is 6.02. The number of benzene rings is 2. The number of fused-ring (bicyclic) bond motifs is 5. The molecule has 23 heavy (non-hydrogen) atoms. The zero-order valence-corrected chi connectivity index (χ0v) is 14.6. The number of phenols is 1. The van der Waals surface area contributed by atoms with E-state index in [4.69, 9.17) is 0 Å². The molecule has 0 atom stereocenters. The molecule has 0 aliphatic carbocycles. The highest BCUT2D eigenvalue weighted by Gasteiger charge is 2.23. The van der Waals surface area contributed by atoms with Gasteiger partial charge >= 0.3 is 0 Å². The van der Waals surface area contributed by atoms with Gasteiger partial charge in [-0.05, 0) is 52.9 Å². The van der Waals surface area contributed by atoms with E-state index in [9.17, 15) is 9.90 Å². The predicted octanol–water partition coefficient (Wildman–Crippen LogP) is 4.31. The van der Waals surface area contributed by atoms with Crippen LogP contribution in [-0.4, -0.2) is 9.67 Å². The fourth-order valence-electron chi connectivity index (χ4n) is 3.57. The monoisotopic (exact) mass is 369 g/mol. The molecule has 0 bridgehead atoms. The lowest BCUT2D eigenvalue weighted by Gasteiger charge is -2.26. The Bertz CT molecular complexity index is 1030. The van der Waals surface area contributed by atoms with Crippen LogP contribution in [0, 0.1) is 13.8 Å². The summed E-state index contributed by atoms with van der Waals surface area (Å²) in [5.74, 6) is 0.0438. The summed E-state index contributed by atoms with van der Waals surface area (Å²) in [5, 5.41) is 10.9. The van der Waals surface area contributed by atoms with Gasteiger partial charge in [-0.15, -0.1) is 0 Å². The van der Waals surface area contributed by atoms with Crippen molar-refractivity contribution in [1.29, 1.82) is 0 Å². The maximum absolute atomic E-state index is 12.7. The molecule has 2 heterocycles. The van der Waals surface area contributed by atoms with Crippen molar-refractivity contribution in [3.63, 3.8) is 0 Å². The number of halogens is 1. The van der Waals surface area contributed by atoms with Crippen molar-refractivity contribution >= 4 is 26.8 Å². The lowest BCUT2D eigenvalue weighted by Crippen LogP contribution is -2.19. The molecule has 0 spiro atoms. The van der Waals surface area contributed by atoms with Crippen molar-refractivity contribution < 1.29 is 5.11 Å². The maximum Gasteiger partial charge on any atom is 0.193 e. The average Bonchev–Trinajstić information content (AvgIpc) is 2.57. The SMILES string of the molecule is Cc1c(Br)c(O)c2c(=O)cc3n(c2c1C)CCc1ccccc1-3. The third-order valence-corrected chi connectivity index (χ3v) is 5.87. The standard InChI is InChI=1S/C19H16BrNO2/c1-10-11(2)18-16(19(23)17(10)20)15(22)9-14-13-6-4-3-5-12(13)7-8-21(14)18/h3-6,9,23H,7-8H2,1-2H3. The number of hydrogen-bond donors (Lipinski definition) is 1. The smallest absolute Gasteiger partial charge is 0.193 e. The van der Waals surface area contributed by atoms with E-state index in [1.165, 1.54) is 5.56 Å². The summed E-state index contributed by atoms with van der Waals surface area (Å²) in [7, 11) is 0. The molecule has 116 valence electrons. The van der Waals surface area contributed by atoms with Gasteiger partial charge in [-0.3, -0.25) is 4.79 Å². The second kappa shape index (κ2) is 4.96. The van der Waals surface area contributed by atoms with E-state index in [1.807, 2.05) is 26.0 Å². The Morgan fingerprint density at radius 2 is 1.91 bits per heavy atom.